The zero-order valence-electron chi connectivity index (χ0n) is 16.4. The summed E-state index contributed by atoms with van der Waals surface area (Å²) >= 11 is 0. The second-order valence-electron chi connectivity index (χ2n) is 7.33. The summed E-state index contributed by atoms with van der Waals surface area (Å²) in [5.41, 5.74) is 4.00. The number of H-pyrrole nitrogens is 1. The Bertz CT molecular complexity index is 1290. The van der Waals surface area contributed by atoms with Crippen LogP contribution in [0.15, 0.2) is 77.9 Å². The third-order valence-corrected chi connectivity index (χ3v) is 5.35. The Kier molecular flexibility index (Phi) is 4.52. The quantitative estimate of drug-likeness (QED) is 0.543. The van der Waals surface area contributed by atoms with Crippen molar-refractivity contribution in [3.05, 3.63) is 94.5 Å². The van der Waals surface area contributed by atoms with Crippen molar-refractivity contribution < 1.29 is 4.74 Å². The van der Waals surface area contributed by atoms with Gasteiger partial charge in [-0.25, -0.2) is 0 Å². The zero-order valence-corrected chi connectivity index (χ0v) is 16.4. The van der Waals surface area contributed by atoms with Crippen molar-refractivity contribution in [3.63, 3.8) is 0 Å². The Morgan fingerprint density at radius 2 is 1.93 bits per heavy atom. The van der Waals surface area contributed by atoms with Gasteiger partial charge in [0.05, 0.1) is 17.1 Å². The van der Waals surface area contributed by atoms with Gasteiger partial charge >= 0.3 is 6.01 Å². The van der Waals surface area contributed by atoms with Crippen LogP contribution in [0.5, 0.6) is 11.8 Å². The van der Waals surface area contributed by atoms with E-state index in [1.54, 1.807) is 18.5 Å². The van der Waals surface area contributed by atoms with E-state index in [9.17, 15) is 4.79 Å². The largest absolute Gasteiger partial charge is 0.426 e. The van der Waals surface area contributed by atoms with Crippen molar-refractivity contribution >= 4 is 22.7 Å². The predicted molar refractivity (Wildman–Crippen MR) is 118 cm³/mol. The predicted octanol–water partition coefficient (Wildman–Crippen LogP) is 4.36. The van der Waals surface area contributed by atoms with Gasteiger partial charge in [-0.2, -0.15) is 4.98 Å². The zero-order chi connectivity index (χ0) is 20.5. The summed E-state index contributed by atoms with van der Waals surface area (Å²) in [6, 6.07) is 18.0. The summed E-state index contributed by atoms with van der Waals surface area (Å²) in [4.78, 5) is 25.4. The number of ether oxygens (including phenoxy) is 1. The lowest BCUT2D eigenvalue weighted by molar-refractivity contribution is 0.442. The number of aromatic amines is 1. The van der Waals surface area contributed by atoms with Crippen molar-refractivity contribution in [2.75, 3.05) is 18.5 Å². The molecule has 6 heteroatoms. The number of aromatic nitrogens is 3. The molecular weight excluding hydrogens is 376 g/mol. The Balaban J connectivity index is 1.30. The average molecular weight is 396 g/mol. The first kappa shape index (κ1) is 18.1. The first-order valence-corrected chi connectivity index (χ1v) is 9.77. The Hall–Kier alpha value is -3.93. The third-order valence-electron chi connectivity index (χ3n) is 5.35. The van der Waals surface area contributed by atoms with E-state index >= 15 is 0 Å². The molecule has 0 aliphatic heterocycles. The molecule has 0 saturated heterocycles. The van der Waals surface area contributed by atoms with Crippen LogP contribution in [0.4, 0.5) is 5.69 Å². The first-order chi connectivity index (χ1) is 14.7. The monoisotopic (exact) mass is 396 g/mol. The fourth-order valence-electron chi connectivity index (χ4n) is 3.78. The highest BCUT2D eigenvalue weighted by molar-refractivity contribution is 5.76. The van der Waals surface area contributed by atoms with Crippen LogP contribution in [0, 0.1) is 0 Å². The minimum absolute atomic E-state index is 0.148. The SMILES string of the molecule is CN(CC1C=Cc2ccccc21)c1ccc(Oc2nc3cnccc3c(=O)[nH]2)cc1. The van der Waals surface area contributed by atoms with E-state index in [0.717, 1.165) is 12.2 Å². The summed E-state index contributed by atoms with van der Waals surface area (Å²) in [6.45, 7) is 0.889. The number of rotatable bonds is 5. The van der Waals surface area contributed by atoms with Crippen LogP contribution in [-0.4, -0.2) is 28.5 Å². The number of hydrogen-bond acceptors (Lipinski definition) is 5. The average Bonchev–Trinajstić information content (AvgIpc) is 3.17. The minimum atomic E-state index is -0.251. The number of fused-ring (bicyclic) bond motifs is 2. The number of nitrogens with zero attached hydrogens (tertiary/aromatic N) is 3. The molecule has 0 saturated carbocycles. The van der Waals surface area contributed by atoms with Gasteiger partial charge in [0, 0.05) is 31.4 Å². The second-order valence-corrected chi connectivity index (χ2v) is 7.33. The van der Waals surface area contributed by atoms with Crippen LogP contribution in [0.1, 0.15) is 17.0 Å². The molecule has 1 aliphatic carbocycles. The highest BCUT2D eigenvalue weighted by Crippen LogP contribution is 2.31. The molecule has 1 aliphatic rings. The van der Waals surface area contributed by atoms with Gasteiger partial charge in [0.15, 0.2) is 0 Å². The van der Waals surface area contributed by atoms with Crippen molar-refractivity contribution in [1.82, 2.24) is 15.0 Å². The number of benzene rings is 2. The summed E-state index contributed by atoms with van der Waals surface area (Å²) in [5, 5.41) is 0.483. The van der Waals surface area contributed by atoms with Gasteiger partial charge in [0.25, 0.3) is 5.56 Å². The Morgan fingerprint density at radius 1 is 1.10 bits per heavy atom. The van der Waals surface area contributed by atoms with Crippen molar-refractivity contribution in [1.29, 1.82) is 0 Å². The van der Waals surface area contributed by atoms with Crippen molar-refractivity contribution in [3.8, 4) is 11.8 Å². The fourth-order valence-corrected chi connectivity index (χ4v) is 3.78. The van der Waals surface area contributed by atoms with Gasteiger partial charge in [-0.15, -0.1) is 0 Å². The standard InChI is InChI=1S/C24H20N4O2/c1-28(15-17-7-6-16-4-2-3-5-20(16)17)18-8-10-19(11-9-18)30-24-26-22-14-25-13-12-21(22)23(29)27-24/h2-14,17H,15H2,1H3,(H,26,27,29). The van der Waals surface area contributed by atoms with Crippen LogP contribution in [-0.2, 0) is 0 Å². The highest BCUT2D eigenvalue weighted by Gasteiger charge is 2.18. The van der Waals surface area contributed by atoms with Gasteiger partial charge in [0.2, 0.25) is 0 Å². The number of pyridine rings is 1. The Morgan fingerprint density at radius 3 is 2.80 bits per heavy atom. The summed E-state index contributed by atoms with van der Waals surface area (Å²) in [6.07, 6.45) is 7.56. The molecule has 5 rings (SSSR count). The highest BCUT2D eigenvalue weighted by atomic mass is 16.5. The summed E-state index contributed by atoms with van der Waals surface area (Å²) < 4.78 is 5.76. The number of likely N-dealkylation sites (N-methyl/N-ethyl adjacent to an activating group) is 1. The molecule has 6 nitrogen and oxygen atoms in total. The van der Waals surface area contributed by atoms with Gasteiger partial charge in [-0.1, -0.05) is 36.4 Å². The molecule has 1 unspecified atom stereocenters. The summed E-state index contributed by atoms with van der Waals surface area (Å²) in [5.74, 6) is 0.979. The smallest absolute Gasteiger partial charge is 0.302 e. The molecule has 2 aromatic heterocycles. The maximum atomic E-state index is 12.2. The van der Waals surface area contributed by atoms with Crippen LogP contribution < -0.4 is 15.2 Å². The van der Waals surface area contributed by atoms with Gasteiger partial charge in [-0.05, 0) is 41.5 Å². The normalized spacial score (nSPS) is 14.6. The molecule has 0 radical (unpaired) electrons. The third kappa shape index (κ3) is 3.43. The lowest BCUT2D eigenvalue weighted by atomic mass is 10.0. The van der Waals surface area contributed by atoms with E-state index in [1.807, 2.05) is 24.3 Å². The van der Waals surface area contributed by atoms with Crippen molar-refractivity contribution in [2.24, 2.45) is 0 Å². The van der Waals surface area contributed by atoms with E-state index in [0.29, 0.717) is 22.6 Å². The van der Waals surface area contributed by atoms with E-state index in [2.05, 4.69) is 63.3 Å². The molecule has 30 heavy (non-hydrogen) atoms. The fraction of sp³-hybridized carbons (Fsp3) is 0.125. The second kappa shape index (κ2) is 7.48. The molecular formula is C24H20N4O2. The van der Waals surface area contributed by atoms with Crippen LogP contribution in [0.2, 0.25) is 0 Å². The number of hydrogen-bond donors (Lipinski definition) is 1. The van der Waals surface area contributed by atoms with E-state index in [4.69, 9.17) is 4.74 Å². The van der Waals surface area contributed by atoms with Gasteiger partial charge < -0.3 is 9.64 Å². The molecule has 1 atom stereocenters. The van der Waals surface area contributed by atoms with Gasteiger partial charge in [0.1, 0.15) is 5.75 Å². The maximum absolute atomic E-state index is 12.2. The molecule has 2 aromatic carbocycles. The number of anilines is 1. The summed E-state index contributed by atoms with van der Waals surface area (Å²) in [7, 11) is 2.08. The van der Waals surface area contributed by atoms with E-state index < -0.39 is 0 Å². The first-order valence-electron chi connectivity index (χ1n) is 9.77. The molecule has 4 aromatic rings. The molecule has 148 valence electrons. The lowest BCUT2D eigenvalue weighted by Gasteiger charge is -2.23. The van der Waals surface area contributed by atoms with E-state index in [1.165, 1.54) is 11.1 Å². The van der Waals surface area contributed by atoms with Crippen LogP contribution in [0.25, 0.3) is 17.0 Å². The molecule has 1 N–H and O–H groups in total. The molecule has 0 spiro atoms. The van der Waals surface area contributed by atoms with Crippen LogP contribution in [0.3, 0.4) is 0 Å². The lowest BCUT2D eigenvalue weighted by Crippen LogP contribution is -2.22. The molecule has 2 heterocycles. The van der Waals surface area contributed by atoms with Crippen molar-refractivity contribution in [2.45, 2.75) is 5.92 Å². The minimum Gasteiger partial charge on any atom is -0.426 e. The van der Waals surface area contributed by atoms with E-state index in [-0.39, 0.29) is 11.6 Å². The Labute approximate surface area is 173 Å². The maximum Gasteiger partial charge on any atom is 0.302 e. The topological polar surface area (TPSA) is 71.1 Å². The number of nitrogens with one attached hydrogen (secondary N) is 1. The van der Waals surface area contributed by atoms with Gasteiger partial charge in [-0.3, -0.25) is 14.8 Å². The van der Waals surface area contributed by atoms with Crippen LogP contribution >= 0.6 is 0 Å². The molecule has 0 bridgehead atoms. The molecule has 0 fully saturated rings. The molecule has 0 amide bonds.